The molecule has 1 heterocycles. The van der Waals surface area contributed by atoms with Crippen molar-refractivity contribution in [2.45, 2.75) is 51.6 Å². The number of aliphatic imine (C=N–C) groups is 1. The van der Waals surface area contributed by atoms with E-state index in [1.54, 1.807) is 0 Å². The summed E-state index contributed by atoms with van der Waals surface area (Å²) in [5.74, 6) is -2.07. The maximum Gasteiger partial charge on any atom is 0.328 e. The smallest absolute Gasteiger partial charge is 0.328 e. The van der Waals surface area contributed by atoms with Gasteiger partial charge in [0, 0.05) is 19.0 Å². The van der Waals surface area contributed by atoms with E-state index in [0.717, 1.165) is 38.2 Å². The summed E-state index contributed by atoms with van der Waals surface area (Å²) >= 11 is 5.07. The Hall–Kier alpha value is -2.01. The first-order valence-corrected chi connectivity index (χ1v) is 11.0. The molecule has 0 fully saturated rings. The number of nitrogens with zero attached hydrogens (tertiary/aromatic N) is 2. The molecule has 0 bridgehead atoms. The lowest BCUT2D eigenvalue weighted by Gasteiger charge is -2.11. The summed E-state index contributed by atoms with van der Waals surface area (Å²) < 4.78 is 23.9. The molecule has 1 aromatic heterocycles. The zero-order valence-corrected chi connectivity index (χ0v) is 17.0. The van der Waals surface area contributed by atoms with Gasteiger partial charge in [0.1, 0.15) is 21.4 Å². The van der Waals surface area contributed by atoms with Gasteiger partial charge in [0.25, 0.3) is 5.56 Å². The van der Waals surface area contributed by atoms with Crippen molar-refractivity contribution in [1.29, 1.82) is 0 Å². The van der Waals surface area contributed by atoms with E-state index in [1.807, 2.05) is 0 Å². The molecule has 9 nitrogen and oxygen atoms in total. The third-order valence-corrected chi connectivity index (χ3v) is 5.17. The number of sulfone groups is 1. The molecule has 0 saturated heterocycles. The monoisotopic (exact) mass is 419 g/mol. The third-order valence-electron chi connectivity index (χ3n) is 3.87. The van der Waals surface area contributed by atoms with Crippen molar-refractivity contribution < 1.29 is 23.4 Å². The average molecular weight is 420 g/mol. The van der Waals surface area contributed by atoms with Crippen LogP contribution in [-0.4, -0.2) is 58.4 Å². The van der Waals surface area contributed by atoms with Gasteiger partial charge in [-0.25, -0.2) is 13.2 Å². The van der Waals surface area contributed by atoms with Gasteiger partial charge in [-0.1, -0.05) is 26.2 Å². The molecule has 0 aliphatic carbocycles. The second-order valence-corrected chi connectivity index (χ2v) is 8.91. The molecule has 0 radical (unpaired) electrons. The molecular formula is C16H25N3O6S2. The third kappa shape index (κ3) is 7.63. The Balaban J connectivity index is 3.09. The van der Waals surface area contributed by atoms with Gasteiger partial charge in [-0.05, 0) is 25.1 Å². The number of aliphatic carboxylic acids is 1. The highest BCUT2D eigenvalue weighted by Crippen LogP contribution is 2.14. The second-order valence-electron chi connectivity index (χ2n) is 6.26. The number of hydrogen-bond donors (Lipinski definition) is 3. The molecule has 0 aliphatic rings. The van der Waals surface area contributed by atoms with Crippen molar-refractivity contribution in [2.24, 2.45) is 4.99 Å². The summed E-state index contributed by atoms with van der Waals surface area (Å²) in [6.45, 7) is 2.47. The lowest BCUT2D eigenvalue weighted by Crippen LogP contribution is -2.23. The number of nitrogens with one attached hydrogen (secondary N) is 1. The van der Waals surface area contributed by atoms with Crippen molar-refractivity contribution in [3.05, 3.63) is 20.7 Å². The molecule has 1 atom stereocenters. The summed E-state index contributed by atoms with van der Waals surface area (Å²) in [6, 6.07) is -1.35. The number of aromatic nitrogens is 2. The Kier molecular flexibility index (Phi) is 8.83. The van der Waals surface area contributed by atoms with Crippen molar-refractivity contribution in [1.82, 2.24) is 9.55 Å². The van der Waals surface area contributed by atoms with Gasteiger partial charge in [0.05, 0.1) is 5.75 Å². The van der Waals surface area contributed by atoms with E-state index in [-0.39, 0.29) is 22.5 Å². The van der Waals surface area contributed by atoms with Crippen molar-refractivity contribution in [3.8, 4) is 5.88 Å². The van der Waals surface area contributed by atoms with Crippen LogP contribution in [0.3, 0.4) is 0 Å². The minimum absolute atomic E-state index is 0.0676. The number of H-pyrrole nitrogens is 1. The van der Waals surface area contributed by atoms with Crippen LogP contribution >= 0.6 is 12.2 Å². The number of carboxylic acids is 1. The topological polar surface area (TPSA) is 142 Å². The molecule has 1 aromatic rings. The zero-order valence-electron chi connectivity index (χ0n) is 15.3. The van der Waals surface area contributed by atoms with Crippen LogP contribution in [0.5, 0.6) is 5.88 Å². The van der Waals surface area contributed by atoms with E-state index in [2.05, 4.69) is 16.9 Å². The maximum absolute atomic E-state index is 12.1. The highest BCUT2D eigenvalue weighted by atomic mass is 32.2. The number of carboxylic acid groups (broad SMARTS) is 1. The Morgan fingerprint density at radius 2 is 2.04 bits per heavy atom. The van der Waals surface area contributed by atoms with E-state index >= 15 is 0 Å². The Morgan fingerprint density at radius 1 is 1.37 bits per heavy atom. The van der Waals surface area contributed by atoms with Gasteiger partial charge in [-0.2, -0.15) is 0 Å². The molecule has 3 N–H and O–H groups in total. The van der Waals surface area contributed by atoms with Crippen LogP contribution in [0.2, 0.25) is 0 Å². The summed E-state index contributed by atoms with van der Waals surface area (Å²) in [7, 11) is -3.35. The lowest BCUT2D eigenvalue weighted by atomic mass is 10.2. The van der Waals surface area contributed by atoms with Crippen LogP contribution in [0.25, 0.3) is 0 Å². The number of unbranched alkanes of at least 4 members (excludes halogenated alkanes) is 3. The fourth-order valence-corrected chi connectivity index (χ4v) is 3.27. The highest BCUT2D eigenvalue weighted by molar-refractivity contribution is 7.90. The van der Waals surface area contributed by atoms with E-state index < -0.39 is 33.3 Å². The first-order chi connectivity index (χ1) is 12.6. The summed E-state index contributed by atoms with van der Waals surface area (Å²) in [4.78, 5) is 29.5. The Labute approximate surface area is 162 Å². The van der Waals surface area contributed by atoms with Crippen LogP contribution in [0.1, 0.15) is 44.6 Å². The van der Waals surface area contributed by atoms with E-state index in [4.69, 9.17) is 12.2 Å². The van der Waals surface area contributed by atoms with Crippen LogP contribution in [0, 0.1) is 4.77 Å². The Morgan fingerprint density at radius 3 is 2.59 bits per heavy atom. The van der Waals surface area contributed by atoms with Crippen LogP contribution in [0.4, 0.5) is 0 Å². The molecular weight excluding hydrogens is 394 g/mol. The predicted molar refractivity (Wildman–Crippen MR) is 105 cm³/mol. The van der Waals surface area contributed by atoms with Crippen molar-refractivity contribution >= 4 is 34.2 Å². The molecule has 0 aromatic carbocycles. The fourth-order valence-electron chi connectivity index (χ4n) is 2.35. The van der Waals surface area contributed by atoms with E-state index in [0.29, 0.717) is 6.54 Å². The average Bonchev–Trinajstić information content (AvgIpc) is 2.55. The molecule has 11 heteroatoms. The van der Waals surface area contributed by atoms with Gasteiger partial charge >= 0.3 is 5.97 Å². The minimum atomic E-state index is -3.35. The maximum atomic E-state index is 12.1. The van der Waals surface area contributed by atoms with Crippen LogP contribution in [-0.2, 0) is 21.2 Å². The molecule has 1 rings (SSSR count). The van der Waals surface area contributed by atoms with Crippen molar-refractivity contribution in [2.75, 3.05) is 12.0 Å². The van der Waals surface area contributed by atoms with Crippen molar-refractivity contribution in [3.63, 3.8) is 0 Å². The van der Waals surface area contributed by atoms with Gasteiger partial charge in [0.2, 0.25) is 5.88 Å². The van der Waals surface area contributed by atoms with Gasteiger partial charge < -0.3 is 10.2 Å². The molecule has 0 spiro atoms. The standard InChI is InChI=1S/C16H25N3O6S2/c1-3-4-5-6-8-19-14(21)11(13(20)18-16(19)26)10-17-12(15(22)23)7-9-27(2,24)25/h10,12,21H,3-9H2,1-2H3,(H,22,23)(H,18,20,26)/t12-/m0/s1. The predicted octanol–water partition coefficient (Wildman–Crippen LogP) is 1.50. The van der Waals surface area contributed by atoms with Crippen LogP contribution < -0.4 is 5.56 Å². The normalized spacial score (nSPS) is 13.1. The van der Waals surface area contributed by atoms with Gasteiger partial charge in [-0.15, -0.1) is 0 Å². The Bertz CT molecular complexity index is 902. The number of aromatic amines is 1. The fraction of sp³-hybridized carbons (Fsp3) is 0.625. The van der Waals surface area contributed by atoms with Gasteiger partial charge in [-0.3, -0.25) is 19.3 Å². The van der Waals surface area contributed by atoms with E-state index in [1.165, 1.54) is 4.57 Å². The summed E-state index contributed by atoms with van der Waals surface area (Å²) in [6.07, 6.45) is 5.48. The van der Waals surface area contributed by atoms with E-state index in [9.17, 15) is 28.2 Å². The van der Waals surface area contributed by atoms with Gasteiger partial charge in [0.15, 0.2) is 4.77 Å². The summed E-state index contributed by atoms with van der Waals surface area (Å²) in [5, 5.41) is 19.5. The molecule has 0 unspecified atom stereocenters. The second kappa shape index (κ2) is 10.4. The minimum Gasteiger partial charge on any atom is -0.494 e. The highest BCUT2D eigenvalue weighted by Gasteiger charge is 2.19. The lowest BCUT2D eigenvalue weighted by molar-refractivity contribution is -0.138. The quantitative estimate of drug-likeness (QED) is 0.280. The molecule has 0 aliphatic heterocycles. The SMILES string of the molecule is CCCCCCn1c(O)c(C=N[C@@H](CCS(C)(=O)=O)C(=O)O)c(=O)[nH]c1=S. The summed E-state index contributed by atoms with van der Waals surface area (Å²) in [5.41, 5.74) is -0.914. The first kappa shape index (κ1) is 23.0. The molecule has 0 amide bonds. The number of rotatable bonds is 11. The van der Waals surface area contributed by atoms with Crippen LogP contribution in [0.15, 0.2) is 9.79 Å². The number of hydrogen-bond acceptors (Lipinski definition) is 7. The zero-order chi connectivity index (χ0) is 20.6. The first-order valence-electron chi connectivity index (χ1n) is 8.56. The molecule has 27 heavy (non-hydrogen) atoms. The number of carbonyl (C=O) groups is 1. The number of aromatic hydroxyl groups is 1. The molecule has 0 saturated carbocycles. The largest absolute Gasteiger partial charge is 0.494 e. The molecule has 152 valence electrons.